The Bertz CT molecular complexity index is 1690. The Morgan fingerprint density at radius 1 is 0.535 bits per heavy atom. The van der Waals surface area contributed by atoms with Gasteiger partial charge < -0.3 is 0 Å². The standard InChI is InChI=1S/C37H39N2O3P/c1-4-6-24-38(36-32-20-12-8-16-28(32)26-29-17-9-13-21-33(29)36)41-43(3,40)42-39(25-7-5-2)37-34-22-14-10-18-30(34)27-31-19-11-15-23-35(31)37/h8-23,26-27H,4-7,24-25H2,1-3H3. The molecule has 0 saturated heterocycles. The summed E-state index contributed by atoms with van der Waals surface area (Å²) in [4.78, 5) is 0. The summed E-state index contributed by atoms with van der Waals surface area (Å²) in [5.74, 6) is 0. The van der Waals surface area contributed by atoms with Gasteiger partial charge in [0.15, 0.2) is 0 Å². The van der Waals surface area contributed by atoms with Gasteiger partial charge in [0.25, 0.3) is 0 Å². The maximum atomic E-state index is 14.5. The summed E-state index contributed by atoms with van der Waals surface area (Å²) in [5.41, 5.74) is 1.84. The number of rotatable bonds is 12. The van der Waals surface area contributed by atoms with E-state index in [4.69, 9.17) is 9.25 Å². The molecule has 6 heteroatoms. The van der Waals surface area contributed by atoms with Gasteiger partial charge in [-0.1, -0.05) is 124 Å². The minimum Gasteiger partial charge on any atom is -0.256 e. The first kappa shape index (κ1) is 29.2. The highest BCUT2D eigenvalue weighted by Crippen LogP contribution is 2.51. The number of unbranched alkanes of at least 4 members (excludes halogenated alkanes) is 2. The van der Waals surface area contributed by atoms with E-state index < -0.39 is 7.60 Å². The van der Waals surface area contributed by atoms with Crippen LogP contribution >= 0.6 is 7.60 Å². The summed E-state index contributed by atoms with van der Waals surface area (Å²) in [6.45, 7) is 7.06. The maximum absolute atomic E-state index is 14.5. The van der Waals surface area contributed by atoms with Crippen LogP contribution < -0.4 is 10.1 Å². The van der Waals surface area contributed by atoms with Crippen molar-refractivity contribution in [3.05, 3.63) is 109 Å². The Hall–Kier alpha value is -3.89. The fourth-order valence-electron chi connectivity index (χ4n) is 5.88. The third-order valence-electron chi connectivity index (χ3n) is 7.91. The highest BCUT2D eigenvalue weighted by molar-refractivity contribution is 7.53. The van der Waals surface area contributed by atoms with E-state index in [2.05, 4.69) is 74.5 Å². The minimum absolute atomic E-state index is 0.585. The molecule has 6 aromatic carbocycles. The second-order valence-electron chi connectivity index (χ2n) is 11.2. The SMILES string of the molecule is CCCCN(OP(C)(=O)ON(CCCC)c1c2ccccc2cc2ccccc12)c1c2ccccc2cc2ccccc12. The van der Waals surface area contributed by atoms with Gasteiger partial charge in [-0.3, -0.25) is 4.57 Å². The van der Waals surface area contributed by atoms with Crippen molar-refractivity contribution in [1.29, 1.82) is 0 Å². The zero-order valence-electron chi connectivity index (χ0n) is 25.2. The van der Waals surface area contributed by atoms with Crippen LogP contribution in [0, 0.1) is 0 Å². The van der Waals surface area contributed by atoms with Gasteiger partial charge in [0.2, 0.25) is 0 Å². The van der Waals surface area contributed by atoms with E-state index in [-0.39, 0.29) is 0 Å². The molecule has 43 heavy (non-hydrogen) atoms. The summed E-state index contributed by atoms with van der Waals surface area (Å²) >= 11 is 0. The molecule has 0 aromatic heterocycles. The lowest BCUT2D eigenvalue weighted by atomic mass is 10.0. The van der Waals surface area contributed by atoms with Crippen molar-refractivity contribution in [3.63, 3.8) is 0 Å². The zero-order valence-corrected chi connectivity index (χ0v) is 26.1. The Morgan fingerprint density at radius 2 is 0.837 bits per heavy atom. The molecular weight excluding hydrogens is 551 g/mol. The molecule has 0 aliphatic carbocycles. The molecule has 5 nitrogen and oxygen atoms in total. The van der Waals surface area contributed by atoms with Crippen LogP contribution in [0.3, 0.4) is 0 Å². The van der Waals surface area contributed by atoms with Crippen LogP contribution in [0.2, 0.25) is 0 Å². The molecule has 6 aromatic rings. The average Bonchev–Trinajstić information content (AvgIpc) is 3.02. The van der Waals surface area contributed by atoms with Crippen molar-refractivity contribution in [3.8, 4) is 0 Å². The third-order valence-corrected chi connectivity index (χ3v) is 8.90. The van der Waals surface area contributed by atoms with E-state index in [0.717, 1.165) is 80.1 Å². The van der Waals surface area contributed by atoms with Gasteiger partial charge in [0.05, 0.1) is 11.4 Å². The molecule has 0 heterocycles. The number of nitrogens with zero attached hydrogens (tertiary/aromatic N) is 2. The van der Waals surface area contributed by atoms with E-state index in [1.165, 1.54) is 0 Å². The van der Waals surface area contributed by atoms with Gasteiger partial charge in [-0.2, -0.15) is 9.25 Å². The van der Waals surface area contributed by atoms with E-state index in [0.29, 0.717) is 13.1 Å². The molecule has 0 aliphatic heterocycles. The van der Waals surface area contributed by atoms with Crippen LogP contribution in [0.5, 0.6) is 0 Å². The number of hydroxylamine groups is 2. The molecule has 0 saturated carbocycles. The van der Waals surface area contributed by atoms with Gasteiger partial charge in [0.1, 0.15) is 0 Å². The molecular formula is C37H39N2O3P. The van der Waals surface area contributed by atoms with Crippen LogP contribution in [-0.4, -0.2) is 19.8 Å². The lowest BCUT2D eigenvalue weighted by Gasteiger charge is -2.33. The van der Waals surface area contributed by atoms with Crippen molar-refractivity contribution in [1.82, 2.24) is 0 Å². The van der Waals surface area contributed by atoms with Gasteiger partial charge in [-0.15, -0.1) is 0 Å². The Balaban J connectivity index is 1.44. The molecule has 0 amide bonds. The molecule has 0 spiro atoms. The van der Waals surface area contributed by atoms with Gasteiger partial charge in [-0.05, 0) is 46.5 Å². The largest absolute Gasteiger partial charge is 0.370 e. The maximum Gasteiger partial charge on any atom is 0.370 e. The highest BCUT2D eigenvalue weighted by Gasteiger charge is 2.30. The van der Waals surface area contributed by atoms with Crippen molar-refractivity contribution >= 4 is 62.1 Å². The van der Waals surface area contributed by atoms with E-state index in [1.807, 2.05) is 58.7 Å². The monoisotopic (exact) mass is 590 g/mol. The fraction of sp³-hybridized carbons (Fsp3) is 0.243. The van der Waals surface area contributed by atoms with Crippen molar-refractivity contribution in [2.24, 2.45) is 0 Å². The van der Waals surface area contributed by atoms with Crippen LogP contribution in [0.1, 0.15) is 39.5 Å². The first-order valence-electron chi connectivity index (χ1n) is 15.3. The van der Waals surface area contributed by atoms with Gasteiger partial charge >= 0.3 is 7.60 Å². The molecule has 0 fully saturated rings. The number of fused-ring (bicyclic) bond motifs is 4. The van der Waals surface area contributed by atoms with Crippen molar-refractivity contribution < 1.29 is 13.8 Å². The lowest BCUT2D eigenvalue weighted by Crippen LogP contribution is -2.29. The smallest absolute Gasteiger partial charge is 0.256 e. The second kappa shape index (κ2) is 12.8. The first-order valence-corrected chi connectivity index (χ1v) is 17.3. The summed E-state index contributed by atoms with van der Waals surface area (Å²) < 4.78 is 27.6. The Labute approximate surface area is 254 Å². The second-order valence-corrected chi connectivity index (χ2v) is 13.1. The molecule has 220 valence electrons. The van der Waals surface area contributed by atoms with Gasteiger partial charge in [-0.25, -0.2) is 10.1 Å². The predicted octanol–water partition coefficient (Wildman–Crippen LogP) is 10.9. The van der Waals surface area contributed by atoms with Crippen LogP contribution in [0.4, 0.5) is 11.4 Å². The zero-order chi connectivity index (χ0) is 29.8. The number of benzene rings is 6. The Morgan fingerprint density at radius 3 is 1.14 bits per heavy atom. The normalized spacial score (nSPS) is 12.0. The van der Waals surface area contributed by atoms with Crippen LogP contribution in [0.25, 0.3) is 43.1 Å². The molecule has 0 aliphatic rings. The molecule has 0 atom stereocenters. The summed E-state index contributed by atoms with van der Waals surface area (Å²) in [7, 11) is -3.68. The van der Waals surface area contributed by atoms with Crippen LogP contribution in [0.15, 0.2) is 109 Å². The third kappa shape index (κ3) is 6.12. The van der Waals surface area contributed by atoms with Gasteiger partial charge in [0, 0.05) is 41.3 Å². The van der Waals surface area contributed by atoms with E-state index >= 15 is 0 Å². The summed E-state index contributed by atoms with van der Waals surface area (Å²) in [6.07, 6.45) is 3.71. The minimum atomic E-state index is -3.68. The Kier molecular flexibility index (Phi) is 8.67. The van der Waals surface area contributed by atoms with E-state index in [1.54, 1.807) is 6.66 Å². The highest BCUT2D eigenvalue weighted by atomic mass is 31.2. The fourth-order valence-corrected chi connectivity index (χ4v) is 6.95. The number of hydrogen-bond acceptors (Lipinski definition) is 5. The molecule has 0 radical (unpaired) electrons. The number of anilines is 2. The molecule has 0 N–H and O–H groups in total. The lowest BCUT2D eigenvalue weighted by molar-refractivity contribution is 0.178. The molecule has 0 unspecified atom stereocenters. The van der Waals surface area contributed by atoms with Crippen molar-refractivity contribution in [2.45, 2.75) is 39.5 Å². The first-order chi connectivity index (χ1) is 21.0. The summed E-state index contributed by atoms with van der Waals surface area (Å²) in [5, 5.41) is 12.3. The quantitative estimate of drug-likeness (QED) is 0.0806. The predicted molar refractivity (Wildman–Crippen MR) is 183 cm³/mol. The van der Waals surface area contributed by atoms with Crippen LogP contribution in [-0.2, 0) is 13.8 Å². The summed E-state index contributed by atoms with van der Waals surface area (Å²) in [6, 6.07) is 37.6. The molecule has 0 bridgehead atoms. The number of hydrogen-bond donors (Lipinski definition) is 0. The topological polar surface area (TPSA) is 42.0 Å². The molecule has 6 rings (SSSR count). The average molecular weight is 591 g/mol. The van der Waals surface area contributed by atoms with Crippen molar-refractivity contribution in [2.75, 3.05) is 29.9 Å². The van der Waals surface area contributed by atoms with E-state index in [9.17, 15) is 4.57 Å².